The van der Waals surface area contributed by atoms with E-state index < -0.39 is 0 Å². The first kappa shape index (κ1) is 16.4. The molecule has 23 heavy (non-hydrogen) atoms. The molecule has 0 unspecified atom stereocenters. The fraction of sp³-hybridized carbons (Fsp3) is 0.611. The Bertz CT molecular complexity index is 508. The molecule has 2 heterocycles. The first-order valence-corrected chi connectivity index (χ1v) is 8.45. The zero-order valence-corrected chi connectivity index (χ0v) is 13.8. The van der Waals surface area contributed by atoms with Gasteiger partial charge in [-0.25, -0.2) is 0 Å². The number of likely N-dealkylation sites (tertiary alicyclic amines) is 1. The number of nitrogens with zero attached hydrogens (tertiary/aromatic N) is 2. The number of methoxy groups -OCH3 is 1. The highest BCUT2D eigenvalue weighted by molar-refractivity contribution is 5.81. The van der Waals surface area contributed by atoms with Gasteiger partial charge in [0.2, 0.25) is 0 Å². The van der Waals surface area contributed by atoms with Crippen molar-refractivity contribution in [3.8, 4) is 0 Å². The minimum atomic E-state index is -0.344. The molecule has 1 aromatic rings. The summed E-state index contributed by atoms with van der Waals surface area (Å²) in [5, 5.41) is 0. The molecule has 2 atom stereocenters. The third-order valence-corrected chi connectivity index (χ3v) is 4.70. The van der Waals surface area contributed by atoms with Crippen LogP contribution in [0.4, 0.5) is 0 Å². The van der Waals surface area contributed by atoms with Gasteiger partial charge in [0.15, 0.2) is 0 Å². The number of carbonyl (C=O) groups is 1. The molecule has 0 spiro atoms. The Morgan fingerprint density at radius 3 is 2.87 bits per heavy atom. The molecule has 2 saturated heterocycles. The number of ether oxygens (including phenoxy) is 2. The summed E-state index contributed by atoms with van der Waals surface area (Å²) in [6.45, 7) is 4.53. The van der Waals surface area contributed by atoms with E-state index in [2.05, 4.69) is 29.2 Å². The van der Waals surface area contributed by atoms with E-state index in [-0.39, 0.29) is 18.1 Å². The molecule has 5 nitrogen and oxygen atoms in total. The molecule has 3 rings (SSSR count). The van der Waals surface area contributed by atoms with Gasteiger partial charge in [-0.05, 0) is 18.4 Å². The lowest BCUT2D eigenvalue weighted by Crippen LogP contribution is -2.53. The van der Waals surface area contributed by atoms with E-state index >= 15 is 0 Å². The van der Waals surface area contributed by atoms with E-state index in [9.17, 15) is 4.79 Å². The van der Waals surface area contributed by atoms with E-state index in [1.165, 1.54) is 5.56 Å². The molecule has 1 aromatic carbocycles. The SMILES string of the molecule is CO[C@@H]1CCCN(C(=O)[C@@H]2CN(Cc3ccccc3)CCO2)C1. The maximum atomic E-state index is 12.7. The molecule has 2 aliphatic heterocycles. The highest BCUT2D eigenvalue weighted by atomic mass is 16.5. The van der Waals surface area contributed by atoms with Crippen LogP contribution in [0.25, 0.3) is 0 Å². The summed E-state index contributed by atoms with van der Waals surface area (Å²) in [5.41, 5.74) is 1.28. The number of hydrogen-bond donors (Lipinski definition) is 0. The van der Waals surface area contributed by atoms with Gasteiger partial charge in [-0.1, -0.05) is 30.3 Å². The summed E-state index contributed by atoms with van der Waals surface area (Å²) in [4.78, 5) is 16.9. The second-order valence-corrected chi connectivity index (χ2v) is 6.36. The number of piperidine rings is 1. The summed E-state index contributed by atoms with van der Waals surface area (Å²) in [6, 6.07) is 10.4. The predicted molar refractivity (Wildman–Crippen MR) is 88.1 cm³/mol. The van der Waals surface area contributed by atoms with Crippen LogP contribution in [0.5, 0.6) is 0 Å². The molecular formula is C18H26N2O3. The Hall–Kier alpha value is -1.43. The Morgan fingerprint density at radius 2 is 2.09 bits per heavy atom. The van der Waals surface area contributed by atoms with Crippen LogP contribution in [0.15, 0.2) is 30.3 Å². The van der Waals surface area contributed by atoms with Gasteiger partial charge < -0.3 is 14.4 Å². The van der Waals surface area contributed by atoms with Crippen molar-refractivity contribution in [2.45, 2.75) is 31.6 Å². The molecule has 2 fully saturated rings. The van der Waals surface area contributed by atoms with Crippen molar-refractivity contribution in [2.75, 3.05) is 39.9 Å². The second kappa shape index (κ2) is 7.90. The van der Waals surface area contributed by atoms with E-state index in [1.807, 2.05) is 11.0 Å². The van der Waals surface area contributed by atoms with Crippen LogP contribution in [0.2, 0.25) is 0 Å². The Labute approximate surface area is 138 Å². The van der Waals surface area contributed by atoms with Crippen LogP contribution in [0.3, 0.4) is 0 Å². The standard InChI is InChI=1S/C18H26N2O3/c1-22-16-8-5-9-20(13-16)18(21)17-14-19(10-11-23-17)12-15-6-3-2-4-7-15/h2-4,6-7,16-17H,5,8-14H2,1H3/t16-,17+/m1/s1. The van der Waals surface area contributed by atoms with Crippen molar-refractivity contribution in [1.82, 2.24) is 9.80 Å². The number of carbonyl (C=O) groups excluding carboxylic acids is 1. The molecule has 0 N–H and O–H groups in total. The number of benzene rings is 1. The van der Waals surface area contributed by atoms with Gasteiger partial charge in [-0.2, -0.15) is 0 Å². The summed E-state index contributed by atoms with van der Waals surface area (Å²) < 4.78 is 11.2. The van der Waals surface area contributed by atoms with Gasteiger partial charge in [-0.3, -0.25) is 9.69 Å². The largest absolute Gasteiger partial charge is 0.380 e. The van der Waals surface area contributed by atoms with E-state index in [4.69, 9.17) is 9.47 Å². The average molecular weight is 318 g/mol. The van der Waals surface area contributed by atoms with Gasteiger partial charge in [0, 0.05) is 39.8 Å². The fourth-order valence-corrected chi connectivity index (χ4v) is 3.37. The Morgan fingerprint density at radius 1 is 1.26 bits per heavy atom. The Balaban J connectivity index is 1.56. The van der Waals surface area contributed by atoms with Gasteiger partial charge in [0.1, 0.15) is 6.10 Å². The molecule has 0 radical (unpaired) electrons. The summed E-state index contributed by atoms with van der Waals surface area (Å²) in [6.07, 6.45) is 1.86. The van der Waals surface area contributed by atoms with Crippen molar-refractivity contribution in [3.63, 3.8) is 0 Å². The lowest BCUT2D eigenvalue weighted by Gasteiger charge is -2.37. The van der Waals surface area contributed by atoms with E-state index in [0.717, 1.165) is 32.5 Å². The maximum absolute atomic E-state index is 12.7. The maximum Gasteiger partial charge on any atom is 0.253 e. The van der Waals surface area contributed by atoms with E-state index in [0.29, 0.717) is 19.7 Å². The molecule has 0 aliphatic carbocycles. The van der Waals surface area contributed by atoms with Gasteiger partial charge in [0.25, 0.3) is 5.91 Å². The summed E-state index contributed by atoms with van der Waals surface area (Å²) in [7, 11) is 1.72. The first-order chi connectivity index (χ1) is 11.3. The van der Waals surface area contributed by atoms with Crippen molar-refractivity contribution >= 4 is 5.91 Å². The van der Waals surface area contributed by atoms with Crippen LogP contribution >= 0.6 is 0 Å². The van der Waals surface area contributed by atoms with Crippen molar-refractivity contribution in [3.05, 3.63) is 35.9 Å². The third-order valence-electron chi connectivity index (χ3n) is 4.70. The van der Waals surface area contributed by atoms with E-state index in [1.54, 1.807) is 7.11 Å². The van der Waals surface area contributed by atoms with Gasteiger partial charge in [-0.15, -0.1) is 0 Å². The molecule has 0 saturated carbocycles. The zero-order valence-electron chi connectivity index (χ0n) is 13.8. The molecule has 5 heteroatoms. The molecule has 0 aromatic heterocycles. The highest BCUT2D eigenvalue weighted by Crippen LogP contribution is 2.17. The van der Waals surface area contributed by atoms with Gasteiger partial charge >= 0.3 is 0 Å². The van der Waals surface area contributed by atoms with Gasteiger partial charge in [0.05, 0.1) is 12.7 Å². The molecule has 126 valence electrons. The topological polar surface area (TPSA) is 42.0 Å². The number of rotatable bonds is 4. The summed E-state index contributed by atoms with van der Waals surface area (Å²) >= 11 is 0. The number of morpholine rings is 1. The van der Waals surface area contributed by atoms with Crippen molar-refractivity contribution in [1.29, 1.82) is 0 Å². The van der Waals surface area contributed by atoms with Crippen LogP contribution in [-0.4, -0.2) is 67.8 Å². The van der Waals surface area contributed by atoms with Crippen LogP contribution in [0.1, 0.15) is 18.4 Å². The van der Waals surface area contributed by atoms with Crippen LogP contribution in [0, 0.1) is 0 Å². The smallest absolute Gasteiger partial charge is 0.253 e. The average Bonchev–Trinajstić information content (AvgIpc) is 2.62. The normalized spacial score (nSPS) is 26.2. The third kappa shape index (κ3) is 4.31. The zero-order chi connectivity index (χ0) is 16.1. The second-order valence-electron chi connectivity index (χ2n) is 6.36. The molecule has 0 bridgehead atoms. The predicted octanol–water partition coefficient (Wildman–Crippen LogP) is 1.52. The van der Waals surface area contributed by atoms with Crippen LogP contribution in [-0.2, 0) is 20.8 Å². The summed E-state index contributed by atoms with van der Waals surface area (Å²) in [5.74, 6) is 0.115. The lowest BCUT2D eigenvalue weighted by atomic mass is 10.1. The van der Waals surface area contributed by atoms with Crippen molar-refractivity contribution < 1.29 is 14.3 Å². The molecular weight excluding hydrogens is 292 g/mol. The monoisotopic (exact) mass is 318 g/mol. The minimum Gasteiger partial charge on any atom is -0.380 e. The van der Waals surface area contributed by atoms with Crippen molar-refractivity contribution in [2.24, 2.45) is 0 Å². The highest BCUT2D eigenvalue weighted by Gasteiger charge is 2.32. The Kier molecular flexibility index (Phi) is 5.65. The van der Waals surface area contributed by atoms with Crippen LogP contribution < -0.4 is 0 Å². The fourth-order valence-electron chi connectivity index (χ4n) is 3.37. The lowest BCUT2D eigenvalue weighted by molar-refractivity contribution is -0.153. The number of hydrogen-bond acceptors (Lipinski definition) is 4. The quantitative estimate of drug-likeness (QED) is 0.844. The molecule has 2 aliphatic rings. The minimum absolute atomic E-state index is 0.115. The number of amides is 1. The molecule has 1 amide bonds. The first-order valence-electron chi connectivity index (χ1n) is 8.45.